The molecule has 138 valence electrons. The topological polar surface area (TPSA) is 93.5 Å². The third-order valence-corrected chi connectivity index (χ3v) is 5.16. The number of thiocarbonyl (C=S) groups is 1. The fourth-order valence-electron chi connectivity index (χ4n) is 2.14. The number of benzene rings is 1. The molecule has 2 rings (SSSR count). The highest BCUT2D eigenvalue weighted by Gasteiger charge is 2.21. The first-order valence-corrected chi connectivity index (χ1v) is 9.13. The van der Waals surface area contributed by atoms with Gasteiger partial charge >= 0.3 is 5.97 Å². The normalized spacial score (nSPS) is 10.3. The molecule has 0 saturated carbocycles. The van der Waals surface area contributed by atoms with Crippen LogP contribution in [0.25, 0.3) is 0 Å². The van der Waals surface area contributed by atoms with Crippen LogP contribution in [0.1, 0.15) is 27.7 Å². The molecule has 1 aromatic carbocycles. The first-order chi connectivity index (χ1) is 12.2. The minimum absolute atomic E-state index is 0.116. The van der Waals surface area contributed by atoms with Crippen molar-refractivity contribution in [2.45, 2.75) is 20.8 Å². The molecule has 2 N–H and O–H groups in total. The van der Waals surface area contributed by atoms with E-state index in [1.54, 1.807) is 6.92 Å². The van der Waals surface area contributed by atoms with Crippen molar-refractivity contribution in [2.24, 2.45) is 0 Å². The van der Waals surface area contributed by atoms with Crippen molar-refractivity contribution in [3.63, 3.8) is 0 Å². The predicted octanol–water partition coefficient (Wildman–Crippen LogP) is 4.91. The summed E-state index contributed by atoms with van der Waals surface area (Å²) in [5.41, 5.74) is 1.41. The Morgan fingerprint density at radius 2 is 2.08 bits per heavy atom. The van der Waals surface area contributed by atoms with Crippen molar-refractivity contribution >= 4 is 62.6 Å². The number of carbonyl (C=O) groups excluding carboxylic acids is 1. The second kappa shape index (κ2) is 8.43. The molecule has 0 saturated heterocycles. The second-order valence-corrected chi connectivity index (χ2v) is 7.25. The van der Waals surface area contributed by atoms with Gasteiger partial charge in [-0.2, -0.15) is 0 Å². The Morgan fingerprint density at radius 3 is 2.69 bits per heavy atom. The first-order valence-electron chi connectivity index (χ1n) is 7.53. The Hall–Kier alpha value is -2.23. The molecule has 0 bridgehead atoms. The van der Waals surface area contributed by atoms with Crippen LogP contribution in [-0.2, 0) is 4.74 Å². The summed E-state index contributed by atoms with van der Waals surface area (Å²) >= 11 is 12.7. The van der Waals surface area contributed by atoms with Gasteiger partial charge in [0.25, 0.3) is 5.69 Å². The molecule has 0 aliphatic carbocycles. The molecular formula is C16H16ClN3O4S2. The number of hydrogen-bond acceptors (Lipinski definition) is 6. The SMILES string of the molecule is CCOC(=O)c1c(NC(=S)Nc2cc([N+](=O)[O-])ccc2Cl)sc(C)c1C. The van der Waals surface area contributed by atoms with Crippen molar-refractivity contribution in [1.29, 1.82) is 0 Å². The van der Waals surface area contributed by atoms with Gasteiger partial charge in [-0.1, -0.05) is 11.6 Å². The summed E-state index contributed by atoms with van der Waals surface area (Å²) in [7, 11) is 0. The van der Waals surface area contributed by atoms with Gasteiger partial charge in [0.2, 0.25) is 0 Å². The number of esters is 1. The van der Waals surface area contributed by atoms with Crippen molar-refractivity contribution in [3.8, 4) is 0 Å². The number of ether oxygens (including phenoxy) is 1. The largest absolute Gasteiger partial charge is 0.462 e. The molecule has 0 atom stereocenters. The summed E-state index contributed by atoms with van der Waals surface area (Å²) in [6.07, 6.45) is 0. The van der Waals surface area contributed by atoms with E-state index in [0.29, 0.717) is 16.3 Å². The quantitative estimate of drug-likeness (QED) is 0.311. The van der Waals surface area contributed by atoms with Crippen LogP contribution in [0.4, 0.5) is 16.4 Å². The molecule has 0 unspecified atom stereocenters. The third-order valence-electron chi connectivity index (χ3n) is 3.50. The summed E-state index contributed by atoms with van der Waals surface area (Å²) in [6.45, 7) is 5.72. The fourth-order valence-corrected chi connectivity index (χ4v) is 3.64. The van der Waals surface area contributed by atoms with Gasteiger partial charge in [0, 0.05) is 17.0 Å². The molecule has 2 aromatic rings. The zero-order chi connectivity index (χ0) is 19.4. The summed E-state index contributed by atoms with van der Waals surface area (Å²) in [4.78, 5) is 23.5. The average Bonchev–Trinajstić information content (AvgIpc) is 2.83. The monoisotopic (exact) mass is 413 g/mol. The molecule has 0 aliphatic heterocycles. The number of halogens is 1. The van der Waals surface area contributed by atoms with Crippen LogP contribution >= 0.6 is 35.2 Å². The van der Waals surface area contributed by atoms with Gasteiger partial charge in [-0.05, 0) is 44.6 Å². The number of aryl methyl sites for hydroxylation is 1. The molecule has 0 fully saturated rings. The van der Waals surface area contributed by atoms with E-state index in [-0.39, 0.29) is 22.4 Å². The number of anilines is 2. The van der Waals surface area contributed by atoms with E-state index in [0.717, 1.165) is 10.4 Å². The van der Waals surface area contributed by atoms with Crippen LogP contribution in [0.5, 0.6) is 0 Å². The number of nitro groups is 1. The molecule has 1 heterocycles. The van der Waals surface area contributed by atoms with E-state index in [9.17, 15) is 14.9 Å². The highest BCUT2D eigenvalue weighted by molar-refractivity contribution is 7.80. The van der Waals surface area contributed by atoms with Crippen LogP contribution in [0.3, 0.4) is 0 Å². The minimum Gasteiger partial charge on any atom is -0.462 e. The van der Waals surface area contributed by atoms with Gasteiger partial charge < -0.3 is 15.4 Å². The third kappa shape index (κ3) is 4.48. The number of nitrogens with zero attached hydrogens (tertiary/aromatic N) is 1. The molecular weight excluding hydrogens is 398 g/mol. The highest BCUT2D eigenvalue weighted by atomic mass is 35.5. The Bertz CT molecular complexity index is 883. The molecule has 26 heavy (non-hydrogen) atoms. The highest BCUT2D eigenvalue weighted by Crippen LogP contribution is 2.33. The zero-order valence-corrected chi connectivity index (χ0v) is 16.6. The molecule has 10 heteroatoms. The lowest BCUT2D eigenvalue weighted by molar-refractivity contribution is -0.384. The average molecular weight is 414 g/mol. The Balaban J connectivity index is 2.24. The number of nitrogens with one attached hydrogen (secondary N) is 2. The lowest BCUT2D eigenvalue weighted by Crippen LogP contribution is -2.20. The minimum atomic E-state index is -0.525. The van der Waals surface area contributed by atoms with Gasteiger partial charge in [0.1, 0.15) is 5.00 Å². The molecule has 0 amide bonds. The number of rotatable bonds is 5. The van der Waals surface area contributed by atoms with Crippen LogP contribution in [-0.4, -0.2) is 22.6 Å². The summed E-state index contributed by atoms with van der Waals surface area (Å²) in [5.74, 6) is -0.437. The maximum absolute atomic E-state index is 12.2. The van der Waals surface area contributed by atoms with Gasteiger partial charge in [0.05, 0.1) is 27.8 Å². The second-order valence-electron chi connectivity index (χ2n) is 5.21. The van der Waals surface area contributed by atoms with E-state index in [1.165, 1.54) is 29.5 Å². The zero-order valence-electron chi connectivity index (χ0n) is 14.2. The Labute approximate surface area is 164 Å². The van der Waals surface area contributed by atoms with E-state index in [1.807, 2.05) is 13.8 Å². The van der Waals surface area contributed by atoms with Crippen molar-refractivity contribution in [1.82, 2.24) is 0 Å². The van der Waals surface area contributed by atoms with E-state index in [4.69, 9.17) is 28.6 Å². The maximum Gasteiger partial charge on any atom is 0.341 e. The fraction of sp³-hybridized carbons (Fsp3) is 0.250. The van der Waals surface area contributed by atoms with Crippen molar-refractivity contribution in [2.75, 3.05) is 17.2 Å². The number of thiophene rings is 1. The van der Waals surface area contributed by atoms with Gasteiger partial charge in [-0.25, -0.2) is 4.79 Å². The number of nitro benzene ring substituents is 1. The van der Waals surface area contributed by atoms with Crippen LogP contribution in [0.15, 0.2) is 18.2 Å². The Kier molecular flexibility index (Phi) is 6.52. The molecule has 0 spiro atoms. The Morgan fingerprint density at radius 1 is 1.38 bits per heavy atom. The number of non-ortho nitro benzene ring substituents is 1. The van der Waals surface area contributed by atoms with E-state index in [2.05, 4.69) is 10.6 Å². The maximum atomic E-state index is 12.2. The first kappa shape index (κ1) is 20.1. The smallest absolute Gasteiger partial charge is 0.341 e. The van der Waals surface area contributed by atoms with Crippen LogP contribution < -0.4 is 10.6 Å². The predicted molar refractivity (Wildman–Crippen MR) is 108 cm³/mol. The molecule has 0 aliphatic rings. The van der Waals surface area contributed by atoms with Crippen molar-refractivity contribution < 1.29 is 14.5 Å². The molecule has 1 aromatic heterocycles. The van der Waals surface area contributed by atoms with Crippen molar-refractivity contribution in [3.05, 3.63) is 49.3 Å². The van der Waals surface area contributed by atoms with E-state index < -0.39 is 10.9 Å². The van der Waals surface area contributed by atoms with Crippen LogP contribution in [0, 0.1) is 24.0 Å². The lowest BCUT2D eigenvalue weighted by Gasteiger charge is -2.12. The van der Waals surface area contributed by atoms with Crippen LogP contribution in [0.2, 0.25) is 5.02 Å². The molecule has 7 nitrogen and oxygen atoms in total. The number of hydrogen-bond donors (Lipinski definition) is 2. The molecule has 0 radical (unpaired) electrons. The van der Waals surface area contributed by atoms with Gasteiger partial charge in [0.15, 0.2) is 5.11 Å². The summed E-state index contributed by atoms with van der Waals surface area (Å²) in [5, 5.41) is 17.6. The summed E-state index contributed by atoms with van der Waals surface area (Å²) in [6, 6.07) is 4.00. The lowest BCUT2D eigenvalue weighted by atomic mass is 10.1. The number of carbonyl (C=O) groups is 1. The van der Waals surface area contributed by atoms with E-state index >= 15 is 0 Å². The van der Waals surface area contributed by atoms with Gasteiger partial charge in [-0.3, -0.25) is 10.1 Å². The standard InChI is InChI=1S/C16H16ClN3O4S2/c1-4-24-15(21)13-8(2)9(3)26-14(13)19-16(25)18-12-7-10(20(22)23)5-6-11(12)17/h5-7H,4H2,1-3H3,(H2,18,19,25). The van der Waals surface area contributed by atoms with Gasteiger partial charge in [-0.15, -0.1) is 11.3 Å². The summed E-state index contributed by atoms with van der Waals surface area (Å²) < 4.78 is 5.09.